The van der Waals surface area contributed by atoms with E-state index in [0.717, 1.165) is 11.1 Å². The van der Waals surface area contributed by atoms with Gasteiger partial charge in [0.2, 0.25) is 0 Å². The topological polar surface area (TPSA) is 49.4 Å². The lowest BCUT2D eigenvalue weighted by Gasteiger charge is -2.14. The molecule has 1 N–H and O–H groups in total. The van der Waals surface area contributed by atoms with Crippen LogP contribution in [-0.2, 0) is 11.3 Å². The second-order valence-electron chi connectivity index (χ2n) is 4.81. The number of carbonyl (C=O) groups excluding carboxylic acids is 2. The molecule has 21 heavy (non-hydrogen) atoms. The number of hydrogen-bond donors (Lipinski definition) is 1. The van der Waals surface area contributed by atoms with Crippen LogP contribution >= 0.6 is 11.6 Å². The first-order chi connectivity index (χ1) is 10.2. The maximum atomic E-state index is 12.4. The van der Waals surface area contributed by atoms with E-state index in [1.165, 1.54) is 4.90 Å². The maximum absolute atomic E-state index is 12.4. The number of amides is 3. The van der Waals surface area contributed by atoms with Crippen molar-refractivity contribution in [1.82, 2.24) is 10.2 Å². The maximum Gasteiger partial charge on any atom is 0.325 e. The summed E-state index contributed by atoms with van der Waals surface area (Å²) >= 11 is 6.08. The van der Waals surface area contributed by atoms with E-state index < -0.39 is 12.1 Å². The van der Waals surface area contributed by atoms with Crippen molar-refractivity contribution in [3.63, 3.8) is 0 Å². The van der Waals surface area contributed by atoms with E-state index in [9.17, 15) is 9.59 Å². The summed E-state index contributed by atoms with van der Waals surface area (Å²) in [5, 5.41) is 3.25. The molecule has 0 saturated carbocycles. The van der Waals surface area contributed by atoms with Crippen LogP contribution in [0.2, 0.25) is 5.02 Å². The quantitative estimate of drug-likeness (QED) is 0.885. The van der Waals surface area contributed by atoms with E-state index in [0.29, 0.717) is 5.02 Å². The highest BCUT2D eigenvalue weighted by molar-refractivity contribution is 6.31. The molecule has 2 aromatic rings. The van der Waals surface area contributed by atoms with Gasteiger partial charge in [-0.15, -0.1) is 0 Å². The second kappa shape index (κ2) is 5.58. The van der Waals surface area contributed by atoms with Gasteiger partial charge in [-0.3, -0.25) is 9.69 Å². The van der Waals surface area contributed by atoms with Gasteiger partial charge in [0, 0.05) is 5.02 Å². The second-order valence-corrected chi connectivity index (χ2v) is 5.22. The van der Waals surface area contributed by atoms with Crippen molar-refractivity contribution >= 4 is 23.5 Å². The summed E-state index contributed by atoms with van der Waals surface area (Å²) < 4.78 is 0. The third-order valence-electron chi connectivity index (χ3n) is 3.45. The molecule has 3 amide bonds. The fraction of sp³-hybridized carbons (Fsp3) is 0.125. The van der Waals surface area contributed by atoms with Gasteiger partial charge in [0.05, 0.1) is 6.54 Å². The van der Waals surface area contributed by atoms with Gasteiger partial charge in [-0.25, -0.2) is 4.79 Å². The van der Waals surface area contributed by atoms with Gasteiger partial charge in [0.15, 0.2) is 0 Å². The molecule has 0 aliphatic carbocycles. The molecule has 3 rings (SSSR count). The summed E-state index contributed by atoms with van der Waals surface area (Å²) in [6.45, 7) is 0.174. The zero-order valence-corrected chi connectivity index (χ0v) is 11.9. The van der Waals surface area contributed by atoms with Gasteiger partial charge in [0.25, 0.3) is 5.91 Å². The summed E-state index contributed by atoms with van der Waals surface area (Å²) in [5.74, 6) is -0.258. The zero-order valence-electron chi connectivity index (χ0n) is 11.1. The number of urea groups is 1. The minimum atomic E-state index is -0.624. The molecule has 0 radical (unpaired) electrons. The SMILES string of the molecule is O=C1NC(c2ccccc2)C(=O)N1Cc1ccccc1Cl. The molecule has 1 aliphatic heterocycles. The Morgan fingerprint density at radius 2 is 1.67 bits per heavy atom. The minimum Gasteiger partial charge on any atom is -0.322 e. The molecule has 1 atom stereocenters. The Labute approximate surface area is 127 Å². The number of rotatable bonds is 3. The number of benzene rings is 2. The van der Waals surface area contributed by atoms with Gasteiger partial charge in [-0.05, 0) is 17.2 Å². The molecule has 106 valence electrons. The lowest BCUT2D eigenvalue weighted by atomic mass is 10.1. The molecule has 4 nitrogen and oxygen atoms in total. The van der Waals surface area contributed by atoms with Crippen LogP contribution in [0.15, 0.2) is 54.6 Å². The number of hydrogen-bond acceptors (Lipinski definition) is 2. The third-order valence-corrected chi connectivity index (χ3v) is 3.81. The lowest BCUT2D eigenvalue weighted by Crippen LogP contribution is -2.30. The molecular weight excluding hydrogens is 288 g/mol. The van der Waals surface area contributed by atoms with E-state index in [-0.39, 0.29) is 12.5 Å². The van der Waals surface area contributed by atoms with E-state index in [1.54, 1.807) is 12.1 Å². The van der Waals surface area contributed by atoms with Crippen LogP contribution < -0.4 is 5.32 Å². The molecule has 1 fully saturated rings. The Hall–Kier alpha value is -2.33. The van der Waals surface area contributed by atoms with Crippen molar-refractivity contribution in [1.29, 1.82) is 0 Å². The summed E-state index contributed by atoms with van der Waals surface area (Å²) in [6.07, 6.45) is 0. The van der Waals surface area contributed by atoms with Crippen LogP contribution in [0.5, 0.6) is 0 Å². The number of carbonyl (C=O) groups is 2. The van der Waals surface area contributed by atoms with Crippen LogP contribution in [0.25, 0.3) is 0 Å². The molecule has 0 bridgehead atoms. The van der Waals surface area contributed by atoms with Gasteiger partial charge in [-0.2, -0.15) is 0 Å². The summed E-state index contributed by atoms with van der Waals surface area (Å²) in [5.41, 5.74) is 1.52. The Morgan fingerprint density at radius 3 is 2.38 bits per heavy atom. The van der Waals surface area contributed by atoms with Crippen LogP contribution in [0.4, 0.5) is 4.79 Å². The van der Waals surface area contributed by atoms with Crippen molar-refractivity contribution in [2.24, 2.45) is 0 Å². The van der Waals surface area contributed by atoms with Gasteiger partial charge in [0.1, 0.15) is 6.04 Å². The molecule has 1 unspecified atom stereocenters. The summed E-state index contributed by atoms with van der Waals surface area (Å²) in [4.78, 5) is 25.7. The third kappa shape index (κ3) is 2.62. The predicted octanol–water partition coefficient (Wildman–Crippen LogP) is 3.13. The molecular formula is C16H13ClN2O2. The van der Waals surface area contributed by atoms with Crippen LogP contribution in [0.1, 0.15) is 17.2 Å². The molecule has 2 aromatic carbocycles. The zero-order chi connectivity index (χ0) is 14.8. The van der Waals surface area contributed by atoms with Crippen molar-refractivity contribution in [2.45, 2.75) is 12.6 Å². The highest BCUT2D eigenvalue weighted by atomic mass is 35.5. The molecule has 0 spiro atoms. The van der Waals surface area contributed by atoms with Crippen molar-refractivity contribution < 1.29 is 9.59 Å². The van der Waals surface area contributed by atoms with E-state index in [4.69, 9.17) is 11.6 Å². The largest absolute Gasteiger partial charge is 0.325 e. The summed E-state index contributed by atoms with van der Waals surface area (Å²) in [7, 11) is 0. The predicted molar refractivity (Wildman–Crippen MR) is 79.7 cm³/mol. The molecule has 1 aliphatic rings. The Balaban J connectivity index is 1.83. The van der Waals surface area contributed by atoms with Crippen LogP contribution in [0.3, 0.4) is 0 Å². The number of halogens is 1. The fourth-order valence-corrected chi connectivity index (χ4v) is 2.53. The number of nitrogens with zero attached hydrogens (tertiary/aromatic N) is 1. The molecule has 5 heteroatoms. The first kappa shape index (κ1) is 13.6. The van der Waals surface area contributed by atoms with E-state index in [1.807, 2.05) is 42.5 Å². The lowest BCUT2D eigenvalue weighted by molar-refractivity contribution is -0.128. The van der Waals surface area contributed by atoms with Crippen molar-refractivity contribution in [2.75, 3.05) is 0 Å². The highest BCUT2D eigenvalue weighted by Gasteiger charge is 2.38. The standard InChI is InChI=1S/C16H13ClN2O2/c17-13-9-5-4-8-12(13)10-19-15(20)14(18-16(19)21)11-6-2-1-3-7-11/h1-9,14H,10H2,(H,18,21). The minimum absolute atomic E-state index is 0.174. The van der Waals surface area contributed by atoms with Gasteiger partial charge >= 0.3 is 6.03 Å². The number of nitrogens with one attached hydrogen (secondary N) is 1. The normalized spacial score (nSPS) is 18.0. The smallest absolute Gasteiger partial charge is 0.322 e. The van der Waals surface area contributed by atoms with Crippen molar-refractivity contribution in [3.05, 3.63) is 70.7 Å². The van der Waals surface area contributed by atoms with Crippen LogP contribution in [-0.4, -0.2) is 16.8 Å². The Bertz CT molecular complexity index is 688. The van der Waals surface area contributed by atoms with Gasteiger partial charge in [-0.1, -0.05) is 60.1 Å². The summed E-state index contributed by atoms with van der Waals surface area (Å²) in [6, 6.07) is 15.4. The Morgan fingerprint density at radius 1 is 1.00 bits per heavy atom. The van der Waals surface area contributed by atoms with Crippen LogP contribution in [0, 0.1) is 0 Å². The first-order valence-electron chi connectivity index (χ1n) is 6.57. The first-order valence-corrected chi connectivity index (χ1v) is 6.95. The molecule has 1 saturated heterocycles. The fourth-order valence-electron chi connectivity index (χ4n) is 2.34. The highest BCUT2D eigenvalue weighted by Crippen LogP contribution is 2.25. The molecule has 1 heterocycles. The average molecular weight is 301 g/mol. The molecule has 0 aromatic heterocycles. The average Bonchev–Trinajstić information content (AvgIpc) is 2.78. The Kier molecular flexibility index (Phi) is 3.62. The van der Waals surface area contributed by atoms with E-state index >= 15 is 0 Å². The monoisotopic (exact) mass is 300 g/mol. The number of imide groups is 1. The van der Waals surface area contributed by atoms with Gasteiger partial charge < -0.3 is 5.32 Å². The van der Waals surface area contributed by atoms with Crippen molar-refractivity contribution in [3.8, 4) is 0 Å². The van der Waals surface area contributed by atoms with E-state index in [2.05, 4.69) is 5.32 Å².